The molecule has 4 rings (SSSR count). The number of aryl methyl sites for hydroxylation is 1. The number of carbonyl (C=O) groups is 1. The van der Waals surface area contributed by atoms with Crippen LogP contribution < -0.4 is 15.8 Å². The molecule has 3 aromatic rings. The van der Waals surface area contributed by atoms with Gasteiger partial charge in [0.25, 0.3) is 5.56 Å². The van der Waals surface area contributed by atoms with Crippen molar-refractivity contribution in [3.63, 3.8) is 0 Å². The topological polar surface area (TPSA) is 67.2 Å². The van der Waals surface area contributed by atoms with Crippen molar-refractivity contribution < 1.29 is 4.79 Å². The minimum atomic E-state index is -0.229. The summed E-state index contributed by atoms with van der Waals surface area (Å²) in [6, 6.07) is 18.2. The van der Waals surface area contributed by atoms with Crippen molar-refractivity contribution in [3.05, 3.63) is 81.6 Å². The minimum Gasteiger partial charge on any atom is -0.354 e. The molecule has 0 spiro atoms. The number of anilines is 2. The lowest BCUT2D eigenvalue weighted by Crippen LogP contribution is -2.41. The third kappa shape index (κ3) is 4.97. The zero-order valence-corrected chi connectivity index (χ0v) is 18.2. The monoisotopic (exact) mass is 436 g/mol. The van der Waals surface area contributed by atoms with Gasteiger partial charge in [0.2, 0.25) is 5.91 Å². The lowest BCUT2D eigenvalue weighted by atomic mass is 9.97. The van der Waals surface area contributed by atoms with E-state index in [1.54, 1.807) is 30.3 Å². The van der Waals surface area contributed by atoms with Gasteiger partial charge >= 0.3 is 0 Å². The molecule has 1 aromatic heterocycles. The van der Waals surface area contributed by atoms with Gasteiger partial charge in [0.05, 0.1) is 11.6 Å². The van der Waals surface area contributed by atoms with Crippen LogP contribution in [0.2, 0.25) is 5.02 Å². The molecule has 2 aromatic carbocycles. The number of hydrogen-bond acceptors (Lipinski definition) is 4. The van der Waals surface area contributed by atoms with Gasteiger partial charge in [-0.2, -0.15) is 4.68 Å². The first-order valence-corrected chi connectivity index (χ1v) is 10.9. The Labute approximate surface area is 186 Å². The summed E-state index contributed by atoms with van der Waals surface area (Å²) in [7, 11) is 0. The van der Waals surface area contributed by atoms with E-state index >= 15 is 0 Å². The Morgan fingerprint density at radius 1 is 1.16 bits per heavy atom. The van der Waals surface area contributed by atoms with Gasteiger partial charge in [-0.3, -0.25) is 9.59 Å². The van der Waals surface area contributed by atoms with Gasteiger partial charge in [-0.25, -0.2) is 0 Å². The molecule has 1 N–H and O–H groups in total. The van der Waals surface area contributed by atoms with Crippen molar-refractivity contribution in [2.75, 3.05) is 23.3 Å². The van der Waals surface area contributed by atoms with E-state index in [1.807, 2.05) is 24.3 Å². The van der Waals surface area contributed by atoms with Crippen molar-refractivity contribution in [1.82, 2.24) is 9.78 Å². The first kappa shape index (κ1) is 21.1. The van der Waals surface area contributed by atoms with Crippen molar-refractivity contribution in [2.45, 2.75) is 26.2 Å². The fourth-order valence-electron chi connectivity index (χ4n) is 3.83. The molecule has 160 valence electrons. The van der Waals surface area contributed by atoms with Crippen LogP contribution in [0.1, 0.15) is 25.3 Å². The Balaban J connectivity index is 1.49. The van der Waals surface area contributed by atoms with Crippen molar-refractivity contribution in [3.8, 4) is 5.69 Å². The molecular formula is C24H25ClN4O2. The Hall–Kier alpha value is -3.12. The molecular weight excluding hydrogens is 412 g/mol. The summed E-state index contributed by atoms with van der Waals surface area (Å²) in [4.78, 5) is 27.3. The summed E-state index contributed by atoms with van der Waals surface area (Å²) >= 11 is 6.07. The van der Waals surface area contributed by atoms with E-state index in [4.69, 9.17) is 11.6 Å². The number of nitrogens with zero attached hydrogens (tertiary/aromatic N) is 3. The van der Waals surface area contributed by atoms with Gasteiger partial charge in [0, 0.05) is 29.9 Å². The molecule has 1 fully saturated rings. The van der Waals surface area contributed by atoms with Gasteiger partial charge in [0.1, 0.15) is 5.82 Å². The molecule has 0 saturated carbocycles. The lowest BCUT2D eigenvalue weighted by Gasteiger charge is -2.33. The fraction of sp³-hybridized carbons (Fsp3) is 0.292. The summed E-state index contributed by atoms with van der Waals surface area (Å²) < 4.78 is 1.35. The number of hydrogen-bond donors (Lipinski definition) is 1. The van der Waals surface area contributed by atoms with E-state index < -0.39 is 0 Å². The molecule has 31 heavy (non-hydrogen) atoms. The maximum Gasteiger partial charge on any atom is 0.271 e. The van der Waals surface area contributed by atoms with Crippen LogP contribution >= 0.6 is 11.6 Å². The standard InChI is InChI=1S/C24H25ClN4O2/c1-2-17-8-10-20(11-9-17)26-24(31)18-5-4-14-28(16-18)22-12-13-23(30)29(27-22)21-7-3-6-19(25)15-21/h3,6-13,15,18H,2,4-5,14,16H2,1H3,(H,26,31)/t18-/m1/s1. The Morgan fingerprint density at radius 3 is 2.71 bits per heavy atom. The average molecular weight is 437 g/mol. The van der Waals surface area contributed by atoms with Crippen molar-refractivity contribution >= 4 is 29.0 Å². The number of halogens is 1. The summed E-state index contributed by atoms with van der Waals surface area (Å²) in [6.07, 6.45) is 2.67. The van der Waals surface area contributed by atoms with Crippen LogP contribution in [0.4, 0.5) is 11.5 Å². The van der Waals surface area contributed by atoms with Gasteiger partial charge < -0.3 is 10.2 Å². The molecule has 0 aliphatic carbocycles. The molecule has 1 amide bonds. The average Bonchev–Trinajstić information content (AvgIpc) is 2.80. The third-order valence-corrected chi connectivity index (χ3v) is 5.82. The van der Waals surface area contributed by atoms with E-state index in [9.17, 15) is 9.59 Å². The summed E-state index contributed by atoms with van der Waals surface area (Å²) in [5.41, 5.74) is 2.43. The van der Waals surface area contributed by atoms with Crippen LogP contribution in [0, 0.1) is 5.92 Å². The molecule has 1 aliphatic heterocycles. The van der Waals surface area contributed by atoms with E-state index in [-0.39, 0.29) is 17.4 Å². The van der Waals surface area contributed by atoms with Crippen molar-refractivity contribution in [1.29, 1.82) is 0 Å². The normalized spacial score (nSPS) is 16.2. The van der Waals surface area contributed by atoms with Crippen LogP contribution in [0.3, 0.4) is 0 Å². The van der Waals surface area contributed by atoms with Gasteiger partial charge in [-0.05, 0) is 61.2 Å². The van der Waals surface area contributed by atoms with Gasteiger partial charge in [-0.15, -0.1) is 5.10 Å². The number of aromatic nitrogens is 2. The maximum atomic E-state index is 12.9. The third-order valence-electron chi connectivity index (χ3n) is 5.58. The van der Waals surface area contributed by atoms with Gasteiger partial charge in [0.15, 0.2) is 0 Å². The van der Waals surface area contributed by atoms with E-state index in [0.717, 1.165) is 31.5 Å². The highest BCUT2D eigenvalue weighted by atomic mass is 35.5. The molecule has 1 saturated heterocycles. The second kappa shape index (κ2) is 9.35. The van der Waals surface area contributed by atoms with Crippen LogP contribution in [0.5, 0.6) is 0 Å². The smallest absolute Gasteiger partial charge is 0.271 e. The highest BCUT2D eigenvalue weighted by Gasteiger charge is 2.27. The van der Waals surface area contributed by atoms with Crippen LogP contribution in [0.25, 0.3) is 5.69 Å². The molecule has 6 nitrogen and oxygen atoms in total. The van der Waals surface area contributed by atoms with Crippen molar-refractivity contribution in [2.24, 2.45) is 5.92 Å². The predicted octanol–water partition coefficient (Wildman–Crippen LogP) is 4.30. The number of amides is 1. The minimum absolute atomic E-state index is 0.0112. The summed E-state index contributed by atoms with van der Waals surface area (Å²) in [5.74, 6) is 0.537. The summed E-state index contributed by atoms with van der Waals surface area (Å²) in [5, 5.41) is 8.12. The first-order chi connectivity index (χ1) is 15.0. The Bertz CT molecular complexity index is 1130. The summed E-state index contributed by atoms with van der Waals surface area (Å²) in [6.45, 7) is 3.45. The number of piperidine rings is 1. The SMILES string of the molecule is CCc1ccc(NC(=O)[C@@H]2CCCN(c3ccc(=O)n(-c4cccc(Cl)c4)n3)C2)cc1. The second-order valence-electron chi connectivity index (χ2n) is 7.75. The Morgan fingerprint density at radius 2 is 1.97 bits per heavy atom. The van der Waals surface area contributed by atoms with Gasteiger partial charge in [-0.1, -0.05) is 36.7 Å². The largest absolute Gasteiger partial charge is 0.354 e. The fourth-order valence-corrected chi connectivity index (χ4v) is 4.01. The molecule has 0 unspecified atom stereocenters. The lowest BCUT2D eigenvalue weighted by molar-refractivity contribution is -0.120. The van der Waals surface area contributed by atoms with E-state index in [2.05, 4.69) is 22.2 Å². The quantitative estimate of drug-likeness (QED) is 0.647. The number of nitrogens with one attached hydrogen (secondary N) is 1. The number of rotatable bonds is 5. The zero-order valence-electron chi connectivity index (χ0n) is 17.4. The Kier molecular flexibility index (Phi) is 6.37. The maximum absolute atomic E-state index is 12.9. The highest BCUT2D eigenvalue weighted by molar-refractivity contribution is 6.30. The van der Waals surface area contributed by atoms with E-state index in [0.29, 0.717) is 23.1 Å². The number of carbonyl (C=O) groups excluding carboxylic acids is 1. The molecule has 1 aliphatic rings. The van der Waals surface area contributed by atoms with Crippen LogP contribution in [-0.4, -0.2) is 28.8 Å². The zero-order chi connectivity index (χ0) is 21.8. The predicted molar refractivity (Wildman–Crippen MR) is 124 cm³/mol. The molecule has 2 heterocycles. The van der Waals surface area contributed by atoms with E-state index in [1.165, 1.54) is 16.3 Å². The second-order valence-corrected chi connectivity index (χ2v) is 8.18. The molecule has 7 heteroatoms. The highest BCUT2D eigenvalue weighted by Crippen LogP contribution is 2.23. The molecule has 0 radical (unpaired) electrons. The first-order valence-electron chi connectivity index (χ1n) is 10.5. The van der Waals surface area contributed by atoms with Crippen LogP contribution in [-0.2, 0) is 11.2 Å². The molecule has 1 atom stereocenters. The molecule has 0 bridgehead atoms. The van der Waals surface area contributed by atoms with Crippen LogP contribution in [0.15, 0.2) is 65.5 Å². The number of benzene rings is 2.